The molecule has 0 aromatic heterocycles. The monoisotopic (exact) mass is 552 g/mol. The third-order valence-corrected chi connectivity index (χ3v) is 6.64. The van der Waals surface area contributed by atoms with E-state index in [1.165, 1.54) is 0 Å². The van der Waals surface area contributed by atoms with Crippen molar-refractivity contribution in [3.63, 3.8) is 0 Å². The first kappa shape index (κ1) is 26.2. The average Bonchev–Trinajstić information content (AvgIpc) is 2.85. The van der Waals surface area contributed by atoms with Crippen LogP contribution in [0, 0.1) is 5.92 Å². The van der Waals surface area contributed by atoms with E-state index in [-0.39, 0.29) is 11.8 Å². The van der Waals surface area contributed by atoms with E-state index in [1.807, 2.05) is 17.0 Å². The number of ether oxygens (including phenoxy) is 3. The quantitative estimate of drug-likeness (QED) is 0.422. The smallest absolute Gasteiger partial charge is 0.251 e. The number of benzene rings is 2. The summed E-state index contributed by atoms with van der Waals surface area (Å²) in [4.78, 5) is 27.0. The zero-order valence-electron chi connectivity index (χ0n) is 19.4. The standard InChI is InChI=1S/C25H30BrClN2O5/c1-32-22-7-5-18(14-23(22)33-2)25(31)28-16-17-9-11-29(12-10-17)24(30)4-3-13-34-21-8-6-19(26)15-20(21)27/h5-8,14-15,17H,3-4,9-13,16H2,1-2H3,(H,28,31). The number of methoxy groups -OCH3 is 2. The van der Waals surface area contributed by atoms with Crippen LogP contribution >= 0.6 is 27.5 Å². The summed E-state index contributed by atoms with van der Waals surface area (Å²) in [6.07, 6.45) is 2.80. The van der Waals surface area contributed by atoms with Gasteiger partial charge in [0.05, 0.1) is 25.8 Å². The van der Waals surface area contributed by atoms with Gasteiger partial charge in [0.1, 0.15) is 5.75 Å². The Morgan fingerprint density at radius 2 is 1.76 bits per heavy atom. The average molecular weight is 554 g/mol. The van der Waals surface area contributed by atoms with Gasteiger partial charge < -0.3 is 24.4 Å². The Morgan fingerprint density at radius 1 is 1.06 bits per heavy atom. The second-order valence-electron chi connectivity index (χ2n) is 8.13. The van der Waals surface area contributed by atoms with Crippen LogP contribution in [-0.2, 0) is 4.79 Å². The molecule has 3 rings (SSSR count). The molecule has 0 aliphatic carbocycles. The highest BCUT2D eigenvalue weighted by Crippen LogP contribution is 2.29. The van der Waals surface area contributed by atoms with Crippen LogP contribution in [0.4, 0.5) is 0 Å². The summed E-state index contributed by atoms with van der Waals surface area (Å²) in [6, 6.07) is 10.6. The molecule has 1 aliphatic rings. The van der Waals surface area contributed by atoms with Gasteiger partial charge in [0, 0.05) is 36.1 Å². The van der Waals surface area contributed by atoms with Crippen LogP contribution in [0.3, 0.4) is 0 Å². The number of piperidine rings is 1. The number of hydrogen-bond acceptors (Lipinski definition) is 5. The van der Waals surface area contributed by atoms with Crippen LogP contribution in [0.5, 0.6) is 17.2 Å². The highest BCUT2D eigenvalue weighted by molar-refractivity contribution is 9.10. The van der Waals surface area contributed by atoms with Crippen molar-refractivity contribution in [2.45, 2.75) is 25.7 Å². The largest absolute Gasteiger partial charge is 0.493 e. The molecule has 1 N–H and O–H groups in total. The molecule has 34 heavy (non-hydrogen) atoms. The van der Waals surface area contributed by atoms with Gasteiger partial charge >= 0.3 is 0 Å². The Kier molecular flexibility index (Phi) is 9.89. The minimum absolute atomic E-state index is 0.137. The van der Waals surface area contributed by atoms with E-state index in [2.05, 4.69) is 21.2 Å². The van der Waals surface area contributed by atoms with Crippen LogP contribution in [-0.4, -0.2) is 57.2 Å². The minimum Gasteiger partial charge on any atom is -0.493 e. The van der Waals surface area contributed by atoms with Gasteiger partial charge in [-0.2, -0.15) is 0 Å². The molecule has 2 amide bonds. The van der Waals surface area contributed by atoms with Crippen LogP contribution < -0.4 is 19.5 Å². The third kappa shape index (κ3) is 7.27. The van der Waals surface area contributed by atoms with Crippen molar-refractivity contribution in [2.24, 2.45) is 5.92 Å². The number of halogens is 2. The second-order valence-corrected chi connectivity index (χ2v) is 9.45. The lowest BCUT2D eigenvalue weighted by Gasteiger charge is -2.32. The summed E-state index contributed by atoms with van der Waals surface area (Å²) in [6.45, 7) is 2.42. The lowest BCUT2D eigenvalue weighted by atomic mass is 9.96. The Morgan fingerprint density at radius 3 is 2.44 bits per heavy atom. The predicted molar refractivity (Wildman–Crippen MR) is 135 cm³/mol. The number of nitrogens with zero attached hydrogens (tertiary/aromatic N) is 1. The maximum Gasteiger partial charge on any atom is 0.251 e. The fourth-order valence-electron chi connectivity index (χ4n) is 3.86. The van der Waals surface area contributed by atoms with Gasteiger partial charge in [0.15, 0.2) is 11.5 Å². The zero-order valence-corrected chi connectivity index (χ0v) is 21.8. The number of likely N-dealkylation sites (tertiary alicyclic amines) is 1. The number of rotatable bonds is 10. The van der Waals surface area contributed by atoms with Gasteiger partial charge in [0.2, 0.25) is 5.91 Å². The summed E-state index contributed by atoms with van der Waals surface area (Å²) in [5.74, 6) is 2.06. The molecule has 1 heterocycles. The van der Waals surface area contributed by atoms with Crippen molar-refractivity contribution < 1.29 is 23.8 Å². The molecule has 0 bridgehead atoms. The van der Waals surface area contributed by atoms with Gasteiger partial charge in [-0.05, 0) is 61.6 Å². The first-order chi connectivity index (χ1) is 16.4. The van der Waals surface area contributed by atoms with Gasteiger partial charge in [-0.15, -0.1) is 0 Å². The second kappa shape index (κ2) is 12.9. The van der Waals surface area contributed by atoms with Crippen molar-refractivity contribution in [1.82, 2.24) is 10.2 Å². The molecule has 0 unspecified atom stereocenters. The van der Waals surface area contributed by atoms with Crippen molar-refractivity contribution in [3.8, 4) is 17.2 Å². The first-order valence-corrected chi connectivity index (χ1v) is 12.4. The number of amides is 2. The van der Waals surface area contributed by atoms with E-state index >= 15 is 0 Å². The third-order valence-electron chi connectivity index (χ3n) is 5.85. The van der Waals surface area contributed by atoms with E-state index in [9.17, 15) is 9.59 Å². The molecule has 2 aromatic rings. The topological polar surface area (TPSA) is 77.1 Å². The normalized spacial score (nSPS) is 13.9. The van der Waals surface area contributed by atoms with E-state index < -0.39 is 0 Å². The molecule has 9 heteroatoms. The molecule has 0 atom stereocenters. The molecule has 1 saturated heterocycles. The number of carbonyl (C=O) groups excluding carboxylic acids is 2. The van der Waals surface area contributed by atoms with Crippen LogP contribution in [0.15, 0.2) is 40.9 Å². The maximum atomic E-state index is 12.5. The molecule has 2 aromatic carbocycles. The molecule has 0 radical (unpaired) electrons. The molecule has 7 nitrogen and oxygen atoms in total. The lowest BCUT2D eigenvalue weighted by molar-refractivity contribution is -0.132. The maximum absolute atomic E-state index is 12.5. The molecule has 1 aliphatic heterocycles. The molecule has 0 spiro atoms. The van der Waals surface area contributed by atoms with Gasteiger partial charge in [-0.1, -0.05) is 27.5 Å². The molecular formula is C25H30BrClN2O5. The number of carbonyl (C=O) groups is 2. The fourth-order valence-corrected chi connectivity index (χ4v) is 4.59. The van der Waals surface area contributed by atoms with Crippen molar-refractivity contribution >= 4 is 39.3 Å². The van der Waals surface area contributed by atoms with Gasteiger partial charge in [-0.3, -0.25) is 9.59 Å². The molecule has 0 saturated carbocycles. The summed E-state index contributed by atoms with van der Waals surface area (Å²) in [5.41, 5.74) is 0.525. The Hall–Kier alpha value is -2.45. The zero-order chi connectivity index (χ0) is 24.5. The predicted octanol–water partition coefficient (Wildman–Crippen LogP) is 4.95. The summed E-state index contributed by atoms with van der Waals surface area (Å²) < 4.78 is 17.1. The summed E-state index contributed by atoms with van der Waals surface area (Å²) >= 11 is 9.51. The van der Waals surface area contributed by atoms with Crippen molar-refractivity contribution in [2.75, 3.05) is 40.5 Å². The number of nitrogens with one attached hydrogen (secondary N) is 1. The van der Waals surface area contributed by atoms with E-state index in [0.717, 1.165) is 17.3 Å². The Balaban J connectivity index is 1.35. The van der Waals surface area contributed by atoms with Gasteiger partial charge in [-0.25, -0.2) is 0 Å². The van der Waals surface area contributed by atoms with Crippen molar-refractivity contribution in [3.05, 3.63) is 51.5 Å². The van der Waals surface area contributed by atoms with Crippen LogP contribution in [0.25, 0.3) is 0 Å². The fraction of sp³-hybridized carbons (Fsp3) is 0.440. The van der Waals surface area contributed by atoms with E-state index in [0.29, 0.717) is 72.8 Å². The summed E-state index contributed by atoms with van der Waals surface area (Å²) in [7, 11) is 3.10. The van der Waals surface area contributed by atoms with Crippen molar-refractivity contribution in [1.29, 1.82) is 0 Å². The molecule has 184 valence electrons. The lowest BCUT2D eigenvalue weighted by Crippen LogP contribution is -2.41. The van der Waals surface area contributed by atoms with Crippen LogP contribution in [0.2, 0.25) is 5.02 Å². The highest BCUT2D eigenvalue weighted by Gasteiger charge is 2.23. The highest BCUT2D eigenvalue weighted by atomic mass is 79.9. The van der Waals surface area contributed by atoms with E-state index in [4.69, 9.17) is 25.8 Å². The summed E-state index contributed by atoms with van der Waals surface area (Å²) in [5, 5.41) is 3.54. The SMILES string of the molecule is COc1ccc(C(=O)NCC2CCN(C(=O)CCCOc3ccc(Br)cc3Cl)CC2)cc1OC. The van der Waals surface area contributed by atoms with E-state index in [1.54, 1.807) is 38.5 Å². The molecular weight excluding hydrogens is 524 g/mol. The Labute approximate surface area is 213 Å². The molecule has 1 fully saturated rings. The Bertz CT molecular complexity index is 995. The van der Waals surface area contributed by atoms with Gasteiger partial charge in [0.25, 0.3) is 5.91 Å². The minimum atomic E-state index is -0.148. The van der Waals surface area contributed by atoms with Crippen LogP contribution in [0.1, 0.15) is 36.0 Å². The first-order valence-electron chi connectivity index (χ1n) is 11.3. The number of hydrogen-bond donors (Lipinski definition) is 1.